The van der Waals surface area contributed by atoms with Gasteiger partial charge in [-0.05, 0) is 43.4 Å². The number of nitrogens with one attached hydrogen (secondary N) is 1. The second kappa shape index (κ2) is 6.77. The molecule has 0 saturated carbocycles. The number of hydrogen-bond acceptors (Lipinski definition) is 3. The first-order valence-electron chi connectivity index (χ1n) is 6.23. The molecule has 0 fully saturated rings. The molecule has 0 aliphatic carbocycles. The summed E-state index contributed by atoms with van der Waals surface area (Å²) in [6, 6.07) is 15.5. The summed E-state index contributed by atoms with van der Waals surface area (Å²) in [4.78, 5) is 4.25. The molecule has 2 rings (SSSR count). The van der Waals surface area contributed by atoms with E-state index in [0.717, 1.165) is 17.1 Å². The maximum absolute atomic E-state index is 5.31. The molecule has 4 nitrogen and oxygen atoms in total. The zero-order valence-corrected chi connectivity index (χ0v) is 12.3. The van der Waals surface area contributed by atoms with E-state index in [1.807, 2.05) is 62.5 Å². The molecule has 0 radical (unpaired) electrons. The Balaban J connectivity index is 2.04. The average Bonchev–Trinajstić information content (AvgIpc) is 2.49. The normalized spacial score (nSPS) is 11.0. The Labute approximate surface area is 124 Å². The first kappa shape index (κ1) is 14.1. The average molecular weight is 284 g/mol. The second-order valence-corrected chi connectivity index (χ2v) is 4.61. The summed E-state index contributed by atoms with van der Waals surface area (Å²) < 4.78 is 0. The van der Waals surface area contributed by atoms with Crippen LogP contribution in [0.1, 0.15) is 12.6 Å². The number of hydrazone groups is 1. The zero-order chi connectivity index (χ0) is 14.4. The third-order valence-corrected chi connectivity index (χ3v) is 3.02. The fourth-order valence-corrected chi connectivity index (χ4v) is 1.78. The molecule has 0 unspecified atom stereocenters. The van der Waals surface area contributed by atoms with Gasteiger partial charge in [0.2, 0.25) is 0 Å². The van der Waals surface area contributed by atoms with Gasteiger partial charge >= 0.3 is 0 Å². The van der Waals surface area contributed by atoms with Crippen LogP contribution in [0.15, 0.2) is 59.8 Å². The first-order chi connectivity index (χ1) is 9.66. The number of pyridine rings is 1. The highest BCUT2D eigenvalue weighted by Crippen LogP contribution is 2.07. The van der Waals surface area contributed by atoms with Gasteiger partial charge in [-0.25, -0.2) is 5.01 Å². The number of anilines is 1. The molecule has 5 heteroatoms. The summed E-state index contributed by atoms with van der Waals surface area (Å²) in [6.07, 6.45) is 1.74. The Morgan fingerprint density at radius 3 is 2.50 bits per heavy atom. The lowest BCUT2D eigenvalue weighted by molar-refractivity contribution is 0.553. The van der Waals surface area contributed by atoms with Gasteiger partial charge < -0.3 is 5.32 Å². The standard InChI is InChI=1S/C15H16N4S/c1-12(14-10-6-7-11-16-14)18-19(2)15(20)17-13-8-4-3-5-9-13/h3-11H,1-2H3,(H,17,20). The third-order valence-electron chi connectivity index (χ3n) is 2.65. The predicted octanol–water partition coefficient (Wildman–Crippen LogP) is 3.13. The molecule has 1 N–H and O–H groups in total. The minimum absolute atomic E-state index is 0.534. The number of para-hydroxylation sites is 1. The van der Waals surface area contributed by atoms with Crippen LogP contribution in [0.25, 0.3) is 0 Å². The van der Waals surface area contributed by atoms with Gasteiger partial charge in [-0.1, -0.05) is 24.3 Å². The Hall–Kier alpha value is -2.27. The van der Waals surface area contributed by atoms with Crippen molar-refractivity contribution in [3.05, 3.63) is 60.4 Å². The summed E-state index contributed by atoms with van der Waals surface area (Å²) in [5.41, 5.74) is 2.59. The molecule has 102 valence electrons. The van der Waals surface area contributed by atoms with Gasteiger partial charge in [-0.15, -0.1) is 0 Å². The SMILES string of the molecule is CC(=NN(C)C(=S)Nc1ccccc1)c1ccccn1. The quantitative estimate of drug-likeness (QED) is 0.534. The molecule has 1 aromatic heterocycles. The summed E-state index contributed by atoms with van der Waals surface area (Å²) in [5, 5.41) is 9.72. The number of thiocarbonyl (C=S) groups is 1. The number of rotatable bonds is 3. The second-order valence-electron chi connectivity index (χ2n) is 4.22. The van der Waals surface area contributed by atoms with Crippen LogP contribution < -0.4 is 5.32 Å². The van der Waals surface area contributed by atoms with Crippen LogP contribution in [0.5, 0.6) is 0 Å². The van der Waals surface area contributed by atoms with Crippen molar-refractivity contribution in [3.63, 3.8) is 0 Å². The van der Waals surface area contributed by atoms with Crippen molar-refractivity contribution in [3.8, 4) is 0 Å². The van der Waals surface area contributed by atoms with Gasteiger partial charge in [-0.2, -0.15) is 5.10 Å². The summed E-state index contributed by atoms with van der Waals surface area (Å²) in [7, 11) is 1.81. The van der Waals surface area contributed by atoms with E-state index in [1.165, 1.54) is 0 Å². The third kappa shape index (κ3) is 3.86. The lowest BCUT2D eigenvalue weighted by atomic mass is 10.3. The van der Waals surface area contributed by atoms with E-state index in [2.05, 4.69) is 15.4 Å². The van der Waals surface area contributed by atoms with Crippen molar-refractivity contribution < 1.29 is 0 Å². The van der Waals surface area contributed by atoms with Gasteiger partial charge in [0.15, 0.2) is 5.11 Å². The van der Waals surface area contributed by atoms with Crippen LogP contribution in [-0.2, 0) is 0 Å². The fraction of sp³-hybridized carbons (Fsp3) is 0.133. The molecule has 2 aromatic rings. The van der Waals surface area contributed by atoms with Gasteiger partial charge in [0.1, 0.15) is 0 Å². The largest absolute Gasteiger partial charge is 0.331 e. The number of nitrogens with zero attached hydrogens (tertiary/aromatic N) is 3. The van der Waals surface area contributed by atoms with Crippen LogP contribution in [-0.4, -0.2) is 27.9 Å². The maximum atomic E-state index is 5.31. The van der Waals surface area contributed by atoms with E-state index in [4.69, 9.17) is 12.2 Å². The van der Waals surface area contributed by atoms with E-state index in [0.29, 0.717) is 5.11 Å². The highest BCUT2D eigenvalue weighted by atomic mass is 32.1. The molecule has 0 atom stereocenters. The minimum Gasteiger partial charge on any atom is -0.331 e. The molecule has 20 heavy (non-hydrogen) atoms. The zero-order valence-electron chi connectivity index (χ0n) is 11.4. The van der Waals surface area contributed by atoms with E-state index in [1.54, 1.807) is 11.2 Å². The molecule has 1 aromatic carbocycles. The van der Waals surface area contributed by atoms with Crippen LogP contribution in [0.4, 0.5) is 5.69 Å². The van der Waals surface area contributed by atoms with E-state index in [9.17, 15) is 0 Å². The van der Waals surface area contributed by atoms with Crippen LogP contribution >= 0.6 is 12.2 Å². The van der Waals surface area contributed by atoms with Crippen LogP contribution in [0.3, 0.4) is 0 Å². The Morgan fingerprint density at radius 1 is 1.15 bits per heavy atom. The topological polar surface area (TPSA) is 40.5 Å². The number of aromatic nitrogens is 1. The summed E-state index contributed by atoms with van der Waals surface area (Å²) >= 11 is 5.31. The Morgan fingerprint density at radius 2 is 1.85 bits per heavy atom. The molecule has 0 aliphatic heterocycles. The minimum atomic E-state index is 0.534. The molecule has 0 aliphatic rings. The van der Waals surface area contributed by atoms with Crippen molar-refractivity contribution in [2.45, 2.75) is 6.92 Å². The molecule has 1 heterocycles. The summed E-state index contributed by atoms with van der Waals surface area (Å²) in [5.74, 6) is 0. The number of hydrogen-bond donors (Lipinski definition) is 1. The monoisotopic (exact) mass is 284 g/mol. The van der Waals surface area contributed by atoms with Crippen molar-refractivity contribution in [2.24, 2.45) is 5.10 Å². The molecular weight excluding hydrogens is 268 g/mol. The van der Waals surface area contributed by atoms with Gasteiger partial charge in [0.25, 0.3) is 0 Å². The maximum Gasteiger partial charge on any atom is 0.193 e. The molecular formula is C15H16N4S. The van der Waals surface area contributed by atoms with E-state index < -0.39 is 0 Å². The van der Waals surface area contributed by atoms with Crippen molar-refractivity contribution in [1.29, 1.82) is 0 Å². The lowest BCUT2D eigenvalue weighted by Gasteiger charge is -2.16. The van der Waals surface area contributed by atoms with E-state index in [-0.39, 0.29) is 0 Å². The first-order valence-corrected chi connectivity index (χ1v) is 6.64. The fourth-order valence-electron chi connectivity index (χ4n) is 1.62. The van der Waals surface area contributed by atoms with Gasteiger partial charge in [0, 0.05) is 18.9 Å². The predicted molar refractivity (Wildman–Crippen MR) is 86.9 cm³/mol. The van der Waals surface area contributed by atoms with Gasteiger partial charge in [-0.3, -0.25) is 4.98 Å². The highest BCUT2D eigenvalue weighted by molar-refractivity contribution is 7.80. The lowest BCUT2D eigenvalue weighted by Crippen LogP contribution is -2.27. The van der Waals surface area contributed by atoms with Crippen LogP contribution in [0.2, 0.25) is 0 Å². The van der Waals surface area contributed by atoms with Crippen molar-refractivity contribution in [1.82, 2.24) is 9.99 Å². The molecule has 0 saturated heterocycles. The summed E-state index contributed by atoms with van der Waals surface area (Å²) in [6.45, 7) is 1.91. The molecule has 0 amide bonds. The van der Waals surface area contributed by atoms with Crippen LogP contribution in [0, 0.1) is 0 Å². The smallest absolute Gasteiger partial charge is 0.193 e. The van der Waals surface area contributed by atoms with E-state index >= 15 is 0 Å². The molecule has 0 spiro atoms. The highest BCUT2D eigenvalue weighted by Gasteiger charge is 2.05. The van der Waals surface area contributed by atoms with Crippen molar-refractivity contribution >= 4 is 28.7 Å². The Bertz CT molecular complexity index is 596. The molecule has 0 bridgehead atoms. The number of benzene rings is 1. The Kier molecular flexibility index (Phi) is 4.79. The van der Waals surface area contributed by atoms with Gasteiger partial charge in [0.05, 0.1) is 11.4 Å². The van der Waals surface area contributed by atoms with Crippen molar-refractivity contribution in [2.75, 3.05) is 12.4 Å².